The van der Waals surface area contributed by atoms with Gasteiger partial charge in [-0.05, 0) is 104 Å². The second kappa shape index (κ2) is 13.6. The number of unbranched alkanes of at least 4 members (excludes halogenated alkanes) is 1. The fourth-order valence-electron chi connectivity index (χ4n) is 5.25. The number of likely N-dealkylation sites (tertiary alicyclic amines) is 1. The van der Waals surface area contributed by atoms with Gasteiger partial charge in [-0.15, -0.1) is 0 Å². The normalized spacial score (nSPS) is 17.7. The molecule has 0 aliphatic carbocycles. The molecule has 214 valence electrons. The van der Waals surface area contributed by atoms with E-state index in [2.05, 4.69) is 27.7 Å². The lowest BCUT2D eigenvalue weighted by atomic mass is 10.0. The topological polar surface area (TPSA) is 107 Å². The molecule has 38 heavy (non-hydrogen) atoms. The van der Waals surface area contributed by atoms with Crippen molar-refractivity contribution in [3.8, 4) is 0 Å². The minimum absolute atomic E-state index is 0.224. The van der Waals surface area contributed by atoms with Gasteiger partial charge in [-0.3, -0.25) is 0 Å². The first-order chi connectivity index (χ1) is 17.9. The van der Waals surface area contributed by atoms with Crippen molar-refractivity contribution in [2.75, 3.05) is 44.6 Å². The summed E-state index contributed by atoms with van der Waals surface area (Å²) in [5.74, 6) is 0.0436. The average molecular weight is 532 g/mol. The van der Waals surface area contributed by atoms with Crippen LogP contribution in [0.1, 0.15) is 84.4 Å². The van der Waals surface area contributed by atoms with E-state index < -0.39 is 12.0 Å². The highest BCUT2D eigenvalue weighted by molar-refractivity contribution is 5.83. The van der Waals surface area contributed by atoms with Crippen molar-refractivity contribution >= 4 is 17.8 Å². The number of pyridine rings is 1. The molecule has 1 aromatic heterocycles. The van der Waals surface area contributed by atoms with E-state index in [1.807, 2.05) is 34.6 Å². The molecule has 0 aromatic carbocycles. The van der Waals surface area contributed by atoms with E-state index in [4.69, 9.17) is 9.72 Å². The maximum Gasteiger partial charge on any atom is 0.326 e. The highest BCUT2D eigenvalue weighted by Gasteiger charge is 2.36. The molecule has 3 rings (SSSR count). The number of carbonyl (C=O) groups is 2. The Balaban J connectivity index is 1.51. The van der Waals surface area contributed by atoms with E-state index in [9.17, 15) is 14.7 Å². The molecule has 0 radical (unpaired) electrons. The number of hydrogen-bond donors (Lipinski definition) is 3. The number of carbonyl (C=O) groups excluding carboxylic acids is 1. The van der Waals surface area contributed by atoms with Gasteiger partial charge in [0.15, 0.2) is 0 Å². The third-order valence-electron chi connectivity index (χ3n) is 7.53. The second-order valence-electron chi connectivity index (χ2n) is 12.3. The van der Waals surface area contributed by atoms with E-state index in [1.54, 1.807) is 4.90 Å². The van der Waals surface area contributed by atoms with Gasteiger partial charge in [0.1, 0.15) is 11.9 Å². The molecule has 1 fully saturated rings. The standard InChI is InChI=1S/C29H49N5O4/c1-28(2,3)38-21-20-33(17-7-6-11-23-13-12-22-10-8-16-30-25(22)31-23)19-14-24(26(35)36)32-27(37)34-18-9-15-29(34,4)5/h12-13,24H,6-11,14-21H2,1-5H3,(H,30,31)(H,32,37)(H,35,36). The van der Waals surface area contributed by atoms with Crippen molar-refractivity contribution < 1.29 is 19.4 Å². The fraction of sp³-hybridized carbons (Fsp3) is 0.759. The number of aryl methyl sites for hydroxylation is 2. The molecule has 0 bridgehead atoms. The Bertz CT molecular complexity index is 930. The molecule has 3 heterocycles. The number of amides is 2. The van der Waals surface area contributed by atoms with Crippen LogP contribution in [0, 0.1) is 0 Å². The molecule has 1 unspecified atom stereocenters. The Morgan fingerprint density at radius 2 is 2.00 bits per heavy atom. The zero-order valence-electron chi connectivity index (χ0n) is 24.1. The zero-order chi connectivity index (χ0) is 27.8. The van der Waals surface area contributed by atoms with Gasteiger partial charge in [-0.2, -0.15) is 0 Å². The van der Waals surface area contributed by atoms with E-state index in [-0.39, 0.29) is 17.2 Å². The van der Waals surface area contributed by atoms with Crippen LogP contribution in [0.5, 0.6) is 0 Å². The minimum atomic E-state index is -0.992. The first kappa shape index (κ1) is 30.2. The van der Waals surface area contributed by atoms with E-state index >= 15 is 0 Å². The number of aliphatic carboxylic acids is 1. The van der Waals surface area contributed by atoms with Crippen LogP contribution in [-0.2, 0) is 22.4 Å². The molecule has 3 N–H and O–H groups in total. The lowest BCUT2D eigenvalue weighted by molar-refractivity contribution is -0.139. The molecule has 2 amide bonds. The summed E-state index contributed by atoms with van der Waals surface area (Å²) in [5, 5.41) is 16.0. The summed E-state index contributed by atoms with van der Waals surface area (Å²) >= 11 is 0. The molecule has 9 heteroatoms. The first-order valence-electron chi connectivity index (χ1n) is 14.3. The number of nitrogens with zero attached hydrogens (tertiary/aromatic N) is 3. The number of anilines is 1. The molecule has 2 aliphatic rings. The Kier molecular flexibility index (Phi) is 10.8. The van der Waals surface area contributed by atoms with Crippen LogP contribution < -0.4 is 10.6 Å². The molecule has 0 saturated carbocycles. The van der Waals surface area contributed by atoms with Gasteiger partial charge >= 0.3 is 12.0 Å². The second-order valence-corrected chi connectivity index (χ2v) is 12.3. The predicted octanol–water partition coefficient (Wildman–Crippen LogP) is 4.31. The van der Waals surface area contributed by atoms with Crippen LogP contribution in [0.25, 0.3) is 0 Å². The summed E-state index contributed by atoms with van der Waals surface area (Å²) in [6.07, 6.45) is 7.37. The van der Waals surface area contributed by atoms with Crippen LogP contribution in [0.4, 0.5) is 10.6 Å². The van der Waals surface area contributed by atoms with Crippen molar-refractivity contribution in [1.29, 1.82) is 0 Å². The number of carboxylic acids is 1. The Labute approximate surface area is 228 Å². The summed E-state index contributed by atoms with van der Waals surface area (Å²) in [7, 11) is 0. The number of aromatic nitrogens is 1. The highest BCUT2D eigenvalue weighted by atomic mass is 16.5. The largest absolute Gasteiger partial charge is 0.480 e. The Morgan fingerprint density at radius 1 is 1.21 bits per heavy atom. The van der Waals surface area contributed by atoms with Gasteiger partial charge in [0.05, 0.1) is 12.2 Å². The van der Waals surface area contributed by atoms with Gasteiger partial charge < -0.3 is 30.3 Å². The predicted molar refractivity (Wildman–Crippen MR) is 151 cm³/mol. The summed E-state index contributed by atoms with van der Waals surface area (Å²) in [5.41, 5.74) is 1.95. The number of nitrogens with one attached hydrogen (secondary N) is 2. The molecule has 1 aromatic rings. The van der Waals surface area contributed by atoms with Crippen LogP contribution in [0.2, 0.25) is 0 Å². The van der Waals surface area contributed by atoms with Gasteiger partial charge in [0, 0.05) is 37.4 Å². The molecular formula is C29H49N5O4. The van der Waals surface area contributed by atoms with Crippen LogP contribution in [0.15, 0.2) is 12.1 Å². The van der Waals surface area contributed by atoms with Crippen LogP contribution >= 0.6 is 0 Å². The monoisotopic (exact) mass is 531 g/mol. The number of urea groups is 1. The summed E-state index contributed by atoms with van der Waals surface area (Å²) in [6.45, 7) is 14.5. The molecule has 1 atom stereocenters. The number of ether oxygens (including phenoxy) is 1. The zero-order valence-corrected chi connectivity index (χ0v) is 24.1. The summed E-state index contributed by atoms with van der Waals surface area (Å²) < 4.78 is 5.95. The van der Waals surface area contributed by atoms with Crippen molar-refractivity contribution in [2.24, 2.45) is 0 Å². The Morgan fingerprint density at radius 3 is 2.68 bits per heavy atom. The van der Waals surface area contributed by atoms with E-state index in [0.29, 0.717) is 26.1 Å². The van der Waals surface area contributed by atoms with Gasteiger partial charge in [0.2, 0.25) is 0 Å². The first-order valence-corrected chi connectivity index (χ1v) is 14.3. The summed E-state index contributed by atoms with van der Waals surface area (Å²) in [6, 6.07) is 3.14. The lowest BCUT2D eigenvalue weighted by Crippen LogP contribution is -2.53. The maximum absolute atomic E-state index is 12.8. The van der Waals surface area contributed by atoms with Gasteiger partial charge in [-0.25, -0.2) is 14.6 Å². The van der Waals surface area contributed by atoms with Crippen molar-refractivity contribution in [2.45, 2.75) is 103 Å². The van der Waals surface area contributed by atoms with Crippen molar-refractivity contribution in [3.63, 3.8) is 0 Å². The molecular weight excluding hydrogens is 482 g/mol. The average Bonchev–Trinajstić information content (AvgIpc) is 3.21. The van der Waals surface area contributed by atoms with Crippen LogP contribution in [-0.4, -0.2) is 88.4 Å². The summed E-state index contributed by atoms with van der Waals surface area (Å²) in [4.78, 5) is 33.7. The third-order valence-corrected chi connectivity index (χ3v) is 7.53. The van der Waals surface area contributed by atoms with Crippen LogP contribution in [0.3, 0.4) is 0 Å². The smallest absolute Gasteiger partial charge is 0.326 e. The molecule has 0 spiro atoms. The number of rotatable bonds is 13. The maximum atomic E-state index is 12.8. The quantitative estimate of drug-likeness (QED) is 0.326. The lowest BCUT2D eigenvalue weighted by Gasteiger charge is -2.33. The Hall–Kier alpha value is -2.39. The van der Waals surface area contributed by atoms with E-state index in [0.717, 1.165) is 76.1 Å². The SMILES string of the molecule is CC(C)(C)OCCN(CCCCc1ccc2c(n1)NCCC2)CCC(NC(=O)N1CCCC1(C)C)C(=O)O. The number of hydrogen-bond acceptors (Lipinski definition) is 6. The van der Waals surface area contributed by atoms with Crippen molar-refractivity contribution in [1.82, 2.24) is 20.1 Å². The molecule has 1 saturated heterocycles. The molecule has 2 aliphatic heterocycles. The fourth-order valence-corrected chi connectivity index (χ4v) is 5.25. The third kappa shape index (κ3) is 9.42. The number of fused-ring (bicyclic) bond motifs is 1. The molecule has 9 nitrogen and oxygen atoms in total. The van der Waals surface area contributed by atoms with Gasteiger partial charge in [0.25, 0.3) is 0 Å². The van der Waals surface area contributed by atoms with Gasteiger partial charge in [-0.1, -0.05) is 6.07 Å². The number of carboxylic acid groups (broad SMARTS) is 1. The van der Waals surface area contributed by atoms with E-state index in [1.165, 1.54) is 5.56 Å². The minimum Gasteiger partial charge on any atom is -0.480 e. The van der Waals surface area contributed by atoms with Crippen molar-refractivity contribution in [3.05, 3.63) is 23.4 Å². The highest BCUT2D eigenvalue weighted by Crippen LogP contribution is 2.28.